The van der Waals surface area contributed by atoms with Gasteiger partial charge in [0.25, 0.3) is 5.91 Å². The van der Waals surface area contributed by atoms with Crippen LogP contribution < -0.4 is 10.2 Å². The molecule has 0 heterocycles. The predicted octanol–water partition coefficient (Wildman–Crippen LogP) is 4.12. The van der Waals surface area contributed by atoms with Crippen LogP contribution in [0.3, 0.4) is 0 Å². The van der Waals surface area contributed by atoms with Crippen molar-refractivity contribution in [2.24, 2.45) is 11.0 Å². The second-order valence-electron chi connectivity index (χ2n) is 5.71. The van der Waals surface area contributed by atoms with Crippen molar-refractivity contribution in [2.75, 3.05) is 6.61 Å². The summed E-state index contributed by atoms with van der Waals surface area (Å²) in [5.74, 6) is 0.686. The van der Waals surface area contributed by atoms with Crippen molar-refractivity contribution in [1.29, 1.82) is 0 Å². The Hall–Kier alpha value is -2.07. The number of amides is 1. The lowest BCUT2D eigenvalue weighted by Gasteiger charge is -2.22. The zero-order chi connectivity index (χ0) is 16.8. The second-order valence-corrected chi connectivity index (χ2v) is 6.14. The molecule has 5 heteroatoms. The molecule has 1 amide bonds. The molecule has 2 rings (SSSR count). The van der Waals surface area contributed by atoms with Gasteiger partial charge in [0.05, 0.1) is 5.71 Å². The molecule has 1 aromatic carbocycles. The summed E-state index contributed by atoms with van der Waals surface area (Å²) < 4.78 is 5.38. The molecule has 1 aromatic rings. The van der Waals surface area contributed by atoms with Gasteiger partial charge in [0, 0.05) is 5.02 Å². The third-order valence-corrected chi connectivity index (χ3v) is 4.05. The van der Waals surface area contributed by atoms with Crippen molar-refractivity contribution in [3.63, 3.8) is 0 Å². The summed E-state index contributed by atoms with van der Waals surface area (Å²) in [6, 6.07) is 6.85. The number of allylic oxidation sites excluding steroid dienone is 3. The van der Waals surface area contributed by atoms with Crippen LogP contribution in [-0.2, 0) is 4.79 Å². The molecule has 0 aliphatic heterocycles. The zero-order valence-electron chi connectivity index (χ0n) is 13.4. The van der Waals surface area contributed by atoms with Gasteiger partial charge in [-0.2, -0.15) is 5.10 Å². The number of carbonyl (C=O) groups is 1. The van der Waals surface area contributed by atoms with E-state index < -0.39 is 0 Å². The Kier molecular flexibility index (Phi) is 5.99. The normalized spacial score (nSPS) is 19.2. The van der Waals surface area contributed by atoms with Crippen LogP contribution in [0.2, 0.25) is 5.02 Å². The van der Waals surface area contributed by atoms with E-state index in [1.54, 1.807) is 24.3 Å². The fourth-order valence-corrected chi connectivity index (χ4v) is 2.39. The first kappa shape index (κ1) is 17.3. The molecular weight excluding hydrogens is 312 g/mol. The molecule has 1 atom stereocenters. The molecule has 1 N–H and O–H groups in total. The van der Waals surface area contributed by atoms with Crippen molar-refractivity contribution < 1.29 is 9.53 Å². The maximum Gasteiger partial charge on any atom is 0.277 e. The summed E-state index contributed by atoms with van der Waals surface area (Å²) in [6.07, 6.45) is 3.92. The summed E-state index contributed by atoms with van der Waals surface area (Å²) in [4.78, 5) is 11.8. The van der Waals surface area contributed by atoms with Crippen LogP contribution in [0.1, 0.15) is 26.7 Å². The van der Waals surface area contributed by atoms with Gasteiger partial charge in [-0.3, -0.25) is 4.79 Å². The van der Waals surface area contributed by atoms with Gasteiger partial charge in [0.15, 0.2) is 6.61 Å². The summed E-state index contributed by atoms with van der Waals surface area (Å²) in [5, 5.41) is 4.85. The Bertz CT molecular complexity index is 647. The standard InChI is InChI=1S/C18H21ClN2O2/c1-12(2)14-5-4-13(3)17(10-14)20-21-18(22)11-23-16-8-6-15(19)7-9-16/h4,6-9,14H,1,5,10-11H2,2-3H3,(H,21,22)/b20-17+/t14-/m1/s1. The van der Waals surface area contributed by atoms with E-state index >= 15 is 0 Å². The number of hydrogen-bond donors (Lipinski definition) is 1. The number of hydrazone groups is 1. The molecule has 122 valence electrons. The molecular formula is C18H21ClN2O2. The minimum atomic E-state index is -0.294. The smallest absolute Gasteiger partial charge is 0.277 e. The van der Waals surface area contributed by atoms with Crippen LogP contribution in [0.5, 0.6) is 5.75 Å². The molecule has 0 fully saturated rings. The van der Waals surface area contributed by atoms with Crippen LogP contribution in [-0.4, -0.2) is 18.2 Å². The molecule has 1 aliphatic rings. The summed E-state index contributed by atoms with van der Waals surface area (Å²) in [6.45, 7) is 7.94. The van der Waals surface area contributed by atoms with Crippen molar-refractivity contribution in [3.8, 4) is 5.75 Å². The molecule has 0 saturated carbocycles. The first-order valence-electron chi connectivity index (χ1n) is 7.52. The quantitative estimate of drug-likeness (QED) is 0.651. The third kappa shape index (κ3) is 5.25. The third-order valence-electron chi connectivity index (χ3n) is 3.80. The molecule has 4 nitrogen and oxygen atoms in total. The van der Waals surface area contributed by atoms with Crippen LogP contribution in [0, 0.1) is 5.92 Å². The number of benzene rings is 1. The highest BCUT2D eigenvalue weighted by Crippen LogP contribution is 2.26. The number of carbonyl (C=O) groups excluding carboxylic acids is 1. The average molecular weight is 333 g/mol. The number of nitrogens with zero attached hydrogens (tertiary/aromatic N) is 1. The van der Waals surface area contributed by atoms with E-state index in [0.29, 0.717) is 16.7 Å². The summed E-state index contributed by atoms with van der Waals surface area (Å²) in [7, 11) is 0. The highest BCUT2D eigenvalue weighted by atomic mass is 35.5. The van der Waals surface area contributed by atoms with E-state index in [4.69, 9.17) is 16.3 Å². The Morgan fingerprint density at radius 3 is 2.78 bits per heavy atom. The van der Waals surface area contributed by atoms with Crippen LogP contribution in [0.4, 0.5) is 0 Å². The van der Waals surface area contributed by atoms with E-state index in [2.05, 4.69) is 23.2 Å². The molecule has 0 saturated heterocycles. The molecule has 0 aromatic heterocycles. The Morgan fingerprint density at radius 2 is 2.13 bits per heavy atom. The Morgan fingerprint density at radius 1 is 1.43 bits per heavy atom. The van der Waals surface area contributed by atoms with Gasteiger partial charge in [0.2, 0.25) is 0 Å². The molecule has 23 heavy (non-hydrogen) atoms. The highest BCUT2D eigenvalue weighted by molar-refractivity contribution is 6.30. The number of halogens is 1. The summed E-state index contributed by atoms with van der Waals surface area (Å²) in [5.41, 5.74) is 5.68. The SMILES string of the molecule is C=C(C)[C@@H]1CC=C(C)/C(=N/NC(=O)COc2ccc(Cl)cc2)C1. The fraction of sp³-hybridized carbons (Fsp3) is 0.333. The molecule has 0 unspecified atom stereocenters. The first-order valence-corrected chi connectivity index (χ1v) is 7.90. The maximum atomic E-state index is 11.8. The zero-order valence-corrected chi connectivity index (χ0v) is 14.2. The number of nitrogens with one attached hydrogen (secondary N) is 1. The van der Waals surface area contributed by atoms with Crippen LogP contribution in [0.25, 0.3) is 0 Å². The number of rotatable bonds is 5. The van der Waals surface area contributed by atoms with E-state index in [1.807, 2.05) is 13.8 Å². The topological polar surface area (TPSA) is 50.7 Å². The van der Waals surface area contributed by atoms with Crippen molar-refractivity contribution in [3.05, 3.63) is 53.1 Å². The minimum Gasteiger partial charge on any atom is -0.484 e. The lowest BCUT2D eigenvalue weighted by Crippen LogP contribution is -2.27. The van der Waals surface area contributed by atoms with Crippen molar-refractivity contribution in [2.45, 2.75) is 26.7 Å². The van der Waals surface area contributed by atoms with Gasteiger partial charge in [0.1, 0.15) is 5.75 Å². The highest BCUT2D eigenvalue weighted by Gasteiger charge is 2.18. The first-order chi connectivity index (χ1) is 11.0. The van der Waals surface area contributed by atoms with Gasteiger partial charge >= 0.3 is 0 Å². The minimum absolute atomic E-state index is 0.0922. The Balaban J connectivity index is 1.87. The maximum absolute atomic E-state index is 11.8. The summed E-state index contributed by atoms with van der Waals surface area (Å²) >= 11 is 5.79. The molecule has 0 spiro atoms. The Labute approximate surface area is 141 Å². The van der Waals surface area contributed by atoms with E-state index in [9.17, 15) is 4.79 Å². The van der Waals surface area contributed by atoms with Gasteiger partial charge in [-0.05, 0) is 62.4 Å². The second kappa shape index (κ2) is 7.97. The van der Waals surface area contributed by atoms with Gasteiger partial charge in [-0.15, -0.1) is 0 Å². The van der Waals surface area contributed by atoms with Crippen LogP contribution in [0.15, 0.2) is 53.2 Å². The lowest BCUT2D eigenvalue weighted by atomic mass is 9.85. The fourth-order valence-electron chi connectivity index (χ4n) is 2.27. The lowest BCUT2D eigenvalue weighted by molar-refractivity contribution is -0.123. The molecule has 0 bridgehead atoms. The van der Waals surface area contributed by atoms with Gasteiger partial charge in [-0.25, -0.2) is 5.43 Å². The average Bonchev–Trinajstić information content (AvgIpc) is 2.53. The van der Waals surface area contributed by atoms with E-state index in [1.165, 1.54) is 0 Å². The molecule has 1 aliphatic carbocycles. The number of hydrogen-bond acceptors (Lipinski definition) is 3. The van der Waals surface area contributed by atoms with E-state index in [-0.39, 0.29) is 12.5 Å². The number of ether oxygens (including phenoxy) is 1. The van der Waals surface area contributed by atoms with Gasteiger partial charge in [-0.1, -0.05) is 29.8 Å². The largest absolute Gasteiger partial charge is 0.484 e. The van der Waals surface area contributed by atoms with E-state index in [0.717, 1.165) is 29.7 Å². The van der Waals surface area contributed by atoms with Gasteiger partial charge < -0.3 is 4.74 Å². The van der Waals surface area contributed by atoms with Crippen LogP contribution >= 0.6 is 11.6 Å². The monoisotopic (exact) mass is 332 g/mol. The predicted molar refractivity (Wildman–Crippen MR) is 93.8 cm³/mol. The van der Waals surface area contributed by atoms with Crippen molar-refractivity contribution in [1.82, 2.24) is 5.43 Å². The van der Waals surface area contributed by atoms with Crippen molar-refractivity contribution >= 4 is 23.2 Å². The molecule has 0 radical (unpaired) electrons.